The fraction of sp³-hybridized carbons (Fsp3) is 0.400. The van der Waals surface area contributed by atoms with Gasteiger partial charge in [-0.15, -0.1) is 0 Å². The molecule has 0 rings (SSSR count). The average molecular weight is 145 g/mol. The molecule has 0 aromatic carbocycles. The minimum Gasteiger partial charge on any atom is -0.469 e. The molecule has 0 bridgehead atoms. The molecule has 0 radical (unpaired) electrons. The third-order valence-corrected chi connectivity index (χ3v) is 0.748. The number of ketones is 1. The van der Waals surface area contributed by atoms with Crippen LogP contribution in [0.5, 0.6) is 0 Å². The summed E-state index contributed by atoms with van der Waals surface area (Å²) in [5, 5.41) is 10.3. The second-order valence-electron chi connectivity index (χ2n) is 1.46. The van der Waals surface area contributed by atoms with E-state index in [1.165, 1.54) is 7.11 Å². The Morgan fingerprint density at radius 2 is 2.30 bits per heavy atom. The standard InChI is InChI=1S/C5H7NO4/c1-10-5(8)2-4(7)3-6-9/h3,9H,2H2,1H3. The van der Waals surface area contributed by atoms with Crippen LogP contribution in [-0.2, 0) is 14.3 Å². The highest BCUT2D eigenvalue weighted by Gasteiger charge is 2.05. The molecule has 0 saturated heterocycles. The molecule has 5 heteroatoms. The van der Waals surface area contributed by atoms with Crippen molar-refractivity contribution in [1.82, 2.24) is 0 Å². The molecule has 0 aliphatic carbocycles. The average Bonchev–Trinajstić information content (AvgIpc) is 1.88. The zero-order valence-corrected chi connectivity index (χ0v) is 5.40. The van der Waals surface area contributed by atoms with Crippen molar-refractivity contribution in [3.63, 3.8) is 0 Å². The Kier molecular flexibility index (Phi) is 3.86. The number of hydrogen-bond acceptors (Lipinski definition) is 5. The largest absolute Gasteiger partial charge is 0.469 e. The highest BCUT2D eigenvalue weighted by molar-refractivity contribution is 6.30. The van der Waals surface area contributed by atoms with E-state index in [0.29, 0.717) is 6.21 Å². The van der Waals surface area contributed by atoms with Gasteiger partial charge in [-0.1, -0.05) is 5.16 Å². The van der Waals surface area contributed by atoms with Crippen LogP contribution in [0.2, 0.25) is 0 Å². The molecule has 0 unspecified atom stereocenters. The number of oxime groups is 1. The lowest BCUT2D eigenvalue weighted by Gasteiger charge is -1.91. The van der Waals surface area contributed by atoms with Crippen LogP contribution < -0.4 is 0 Å². The summed E-state index contributed by atoms with van der Waals surface area (Å²) in [5.41, 5.74) is 0. The van der Waals surface area contributed by atoms with Crippen molar-refractivity contribution in [3.8, 4) is 0 Å². The fourth-order valence-corrected chi connectivity index (χ4v) is 0.324. The van der Waals surface area contributed by atoms with Gasteiger partial charge < -0.3 is 9.94 Å². The summed E-state index contributed by atoms with van der Waals surface area (Å²) in [5.74, 6) is -1.24. The molecule has 0 amide bonds. The van der Waals surface area contributed by atoms with E-state index in [1.807, 2.05) is 0 Å². The van der Waals surface area contributed by atoms with Crippen LogP contribution in [0.3, 0.4) is 0 Å². The fourth-order valence-electron chi connectivity index (χ4n) is 0.324. The van der Waals surface area contributed by atoms with Crippen molar-refractivity contribution in [3.05, 3.63) is 0 Å². The molecule has 0 aromatic rings. The molecule has 0 heterocycles. The summed E-state index contributed by atoms with van der Waals surface area (Å²) < 4.78 is 4.16. The maximum Gasteiger partial charge on any atom is 0.313 e. The molecule has 0 fully saturated rings. The Morgan fingerprint density at radius 3 is 2.70 bits per heavy atom. The monoisotopic (exact) mass is 145 g/mol. The van der Waals surface area contributed by atoms with Crippen LogP contribution in [0.4, 0.5) is 0 Å². The normalized spacial score (nSPS) is 9.70. The SMILES string of the molecule is COC(=O)CC(=O)C=NO. The number of carbonyl (C=O) groups excluding carboxylic acids is 2. The number of methoxy groups -OCH3 is 1. The quantitative estimate of drug-likeness (QED) is 0.192. The molecule has 0 atom stereocenters. The van der Waals surface area contributed by atoms with Crippen molar-refractivity contribution in [2.75, 3.05) is 7.11 Å². The Morgan fingerprint density at radius 1 is 1.70 bits per heavy atom. The van der Waals surface area contributed by atoms with Gasteiger partial charge in [-0.3, -0.25) is 9.59 Å². The van der Waals surface area contributed by atoms with E-state index in [0.717, 1.165) is 0 Å². The maximum atomic E-state index is 10.4. The van der Waals surface area contributed by atoms with Crippen LogP contribution in [0, 0.1) is 0 Å². The van der Waals surface area contributed by atoms with Gasteiger partial charge in [0.05, 0.1) is 7.11 Å². The number of hydrogen-bond donors (Lipinski definition) is 1. The van der Waals surface area contributed by atoms with Crippen LogP contribution in [-0.4, -0.2) is 30.3 Å². The number of ether oxygens (including phenoxy) is 1. The van der Waals surface area contributed by atoms with Crippen LogP contribution in [0.25, 0.3) is 0 Å². The van der Waals surface area contributed by atoms with Gasteiger partial charge in [0.15, 0.2) is 5.78 Å². The zero-order valence-electron chi connectivity index (χ0n) is 5.40. The van der Waals surface area contributed by atoms with Crippen molar-refractivity contribution >= 4 is 18.0 Å². The van der Waals surface area contributed by atoms with Gasteiger partial charge in [-0.05, 0) is 0 Å². The molecular weight excluding hydrogens is 138 g/mol. The molecule has 0 aromatic heterocycles. The van der Waals surface area contributed by atoms with Crippen molar-refractivity contribution in [2.45, 2.75) is 6.42 Å². The molecule has 0 aliphatic rings. The van der Waals surface area contributed by atoms with Crippen molar-refractivity contribution in [2.24, 2.45) is 5.16 Å². The molecule has 5 nitrogen and oxygen atoms in total. The summed E-state index contributed by atoms with van der Waals surface area (Å²) >= 11 is 0. The van der Waals surface area contributed by atoms with E-state index in [1.54, 1.807) is 0 Å². The van der Waals surface area contributed by atoms with Crippen molar-refractivity contribution in [1.29, 1.82) is 0 Å². The zero-order chi connectivity index (χ0) is 7.98. The molecule has 1 N–H and O–H groups in total. The molecular formula is C5H7NO4. The van der Waals surface area contributed by atoms with Gasteiger partial charge in [-0.25, -0.2) is 0 Å². The molecule has 0 spiro atoms. The summed E-state index contributed by atoms with van der Waals surface area (Å²) in [7, 11) is 1.17. The van der Waals surface area contributed by atoms with Gasteiger partial charge in [0.1, 0.15) is 12.6 Å². The Balaban J connectivity index is 3.68. The first kappa shape index (κ1) is 8.61. The second kappa shape index (κ2) is 4.49. The number of carbonyl (C=O) groups is 2. The summed E-state index contributed by atoms with van der Waals surface area (Å²) in [6, 6.07) is 0. The van der Waals surface area contributed by atoms with E-state index >= 15 is 0 Å². The van der Waals surface area contributed by atoms with Crippen molar-refractivity contribution < 1.29 is 19.5 Å². The van der Waals surface area contributed by atoms with E-state index in [-0.39, 0.29) is 6.42 Å². The summed E-state index contributed by atoms with van der Waals surface area (Å²) in [6.45, 7) is 0. The summed E-state index contributed by atoms with van der Waals surface area (Å²) in [6.07, 6.45) is 0.261. The molecule has 0 saturated carbocycles. The molecule has 10 heavy (non-hydrogen) atoms. The highest BCUT2D eigenvalue weighted by atomic mass is 16.5. The number of nitrogens with zero attached hydrogens (tertiary/aromatic N) is 1. The maximum absolute atomic E-state index is 10.4. The first-order valence-corrected chi connectivity index (χ1v) is 2.47. The van der Waals surface area contributed by atoms with Gasteiger partial charge in [0.25, 0.3) is 0 Å². The van der Waals surface area contributed by atoms with Crippen LogP contribution in [0.1, 0.15) is 6.42 Å². The van der Waals surface area contributed by atoms with Gasteiger partial charge in [0.2, 0.25) is 0 Å². The lowest BCUT2D eigenvalue weighted by atomic mass is 10.3. The predicted molar refractivity (Wildman–Crippen MR) is 31.9 cm³/mol. The number of esters is 1. The van der Waals surface area contributed by atoms with Gasteiger partial charge >= 0.3 is 5.97 Å². The second-order valence-corrected chi connectivity index (χ2v) is 1.46. The lowest BCUT2D eigenvalue weighted by Crippen LogP contribution is -2.09. The molecule has 0 aliphatic heterocycles. The lowest BCUT2D eigenvalue weighted by molar-refractivity contribution is -0.142. The number of rotatable bonds is 3. The Bertz CT molecular complexity index is 163. The summed E-state index contributed by atoms with van der Waals surface area (Å²) in [4.78, 5) is 20.7. The topological polar surface area (TPSA) is 76.0 Å². The minimum absolute atomic E-state index is 0.388. The van der Waals surface area contributed by atoms with E-state index in [9.17, 15) is 9.59 Å². The first-order chi connectivity index (χ1) is 4.70. The van der Waals surface area contributed by atoms with Gasteiger partial charge in [-0.2, -0.15) is 0 Å². The molecule has 56 valence electrons. The first-order valence-electron chi connectivity index (χ1n) is 2.47. The number of Topliss-reactive ketones (excluding diaryl/α,β-unsaturated/α-hetero) is 1. The van der Waals surface area contributed by atoms with E-state index < -0.39 is 11.8 Å². The van der Waals surface area contributed by atoms with Crippen LogP contribution >= 0.6 is 0 Å². The third-order valence-electron chi connectivity index (χ3n) is 0.748. The highest BCUT2D eigenvalue weighted by Crippen LogP contribution is 1.83. The Hall–Kier alpha value is -1.39. The van der Waals surface area contributed by atoms with Crippen LogP contribution in [0.15, 0.2) is 5.16 Å². The predicted octanol–water partition coefficient (Wildman–Crippen LogP) is -0.421. The smallest absolute Gasteiger partial charge is 0.313 e. The van der Waals surface area contributed by atoms with E-state index in [4.69, 9.17) is 5.21 Å². The van der Waals surface area contributed by atoms with Gasteiger partial charge in [0, 0.05) is 0 Å². The third kappa shape index (κ3) is 3.59. The minimum atomic E-state index is -0.648. The van der Waals surface area contributed by atoms with E-state index in [2.05, 4.69) is 9.89 Å². The Labute approximate surface area is 57.3 Å².